The molecule has 2 aromatic heterocycles. The molecule has 0 aliphatic carbocycles. The summed E-state index contributed by atoms with van der Waals surface area (Å²) in [4.78, 5) is 9.16. The fourth-order valence-corrected chi connectivity index (χ4v) is 2.82. The lowest BCUT2D eigenvalue weighted by molar-refractivity contribution is 0.299. The van der Waals surface area contributed by atoms with Crippen LogP contribution in [-0.4, -0.2) is 17.0 Å². The zero-order valence-corrected chi connectivity index (χ0v) is 14.2. The van der Waals surface area contributed by atoms with Gasteiger partial charge in [0.2, 0.25) is 0 Å². The van der Waals surface area contributed by atoms with Crippen molar-refractivity contribution < 1.29 is 4.74 Å². The van der Waals surface area contributed by atoms with E-state index < -0.39 is 0 Å². The summed E-state index contributed by atoms with van der Waals surface area (Å²) < 4.78 is 5.90. The topological polar surface area (TPSA) is 47.0 Å². The van der Waals surface area contributed by atoms with Gasteiger partial charge in [0.1, 0.15) is 17.4 Å². The average Bonchev–Trinajstić information content (AvgIpc) is 2.87. The van der Waals surface area contributed by atoms with Gasteiger partial charge >= 0.3 is 0 Å². The molecule has 5 heteroatoms. The summed E-state index contributed by atoms with van der Waals surface area (Å²) in [5, 5.41) is 6.23. The summed E-state index contributed by atoms with van der Waals surface area (Å²) in [6.45, 7) is 9.68. The van der Waals surface area contributed by atoms with Crippen LogP contribution in [0.15, 0.2) is 17.5 Å². The van der Waals surface area contributed by atoms with Crippen LogP contribution in [0.3, 0.4) is 0 Å². The van der Waals surface area contributed by atoms with Gasteiger partial charge in [0.05, 0.1) is 11.4 Å². The fraction of sp³-hybridized carbons (Fsp3) is 0.500. The molecule has 2 heterocycles. The molecule has 4 nitrogen and oxygen atoms in total. The van der Waals surface area contributed by atoms with E-state index in [0.29, 0.717) is 13.2 Å². The highest BCUT2D eigenvalue weighted by molar-refractivity contribution is 7.09. The third-order valence-electron chi connectivity index (χ3n) is 3.09. The molecule has 0 bridgehead atoms. The van der Waals surface area contributed by atoms with Gasteiger partial charge in [-0.3, -0.25) is 4.98 Å². The lowest BCUT2D eigenvalue weighted by Crippen LogP contribution is -2.12. The molecule has 0 aromatic carbocycles. The lowest BCUT2D eigenvalue weighted by Gasteiger charge is -2.14. The van der Waals surface area contributed by atoms with Crippen LogP contribution in [0.5, 0.6) is 5.75 Å². The van der Waals surface area contributed by atoms with E-state index in [1.807, 2.05) is 26.1 Å². The Morgan fingerprint density at radius 3 is 2.62 bits per heavy atom. The summed E-state index contributed by atoms with van der Waals surface area (Å²) in [7, 11) is 1.91. The van der Waals surface area contributed by atoms with Crippen molar-refractivity contribution in [3.63, 3.8) is 0 Å². The molecule has 0 aliphatic heterocycles. The number of hydrogen-bond donors (Lipinski definition) is 1. The quantitative estimate of drug-likeness (QED) is 0.919. The highest BCUT2D eigenvalue weighted by Crippen LogP contribution is 2.25. The van der Waals surface area contributed by atoms with Crippen LogP contribution in [0.25, 0.3) is 0 Å². The second-order valence-electron chi connectivity index (χ2n) is 6.09. The van der Waals surface area contributed by atoms with E-state index in [0.717, 1.165) is 27.8 Å². The molecule has 2 rings (SSSR count). The van der Waals surface area contributed by atoms with Crippen molar-refractivity contribution in [1.82, 2.24) is 15.3 Å². The molecule has 0 aliphatic rings. The molecule has 2 aromatic rings. The molecule has 0 saturated heterocycles. The van der Waals surface area contributed by atoms with Crippen LogP contribution >= 0.6 is 11.3 Å². The minimum atomic E-state index is 0.0808. The van der Waals surface area contributed by atoms with Gasteiger partial charge in [0.15, 0.2) is 0 Å². The van der Waals surface area contributed by atoms with Crippen molar-refractivity contribution in [3.05, 3.63) is 39.6 Å². The van der Waals surface area contributed by atoms with Crippen LogP contribution in [0.4, 0.5) is 0 Å². The molecule has 0 radical (unpaired) electrons. The summed E-state index contributed by atoms with van der Waals surface area (Å²) in [5.41, 5.74) is 3.13. The molecule has 0 atom stereocenters. The van der Waals surface area contributed by atoms with Crippen LogP contribution in [-0.2, 0) is 18.6 Å². The SMILES string of the molecule is CNCc1nc(C)ccc1OCc1nc(C(C)(C)C)cs1. The first-order valence-corrected chi connectivity index (χ1v) is 7.97. The third-order valence-corrected chi connectivity index (χ3v) is 3.91. The number of aryl methyl sites for hydroxylation is 1. The number of nitrogens with zero attached hydrogens (tertiary/aromatic N) is 2. The lowest BCUT2D eigenvalue weighted by atomic mass is 9.93. The number of rotatable bonds is 5. The maximum absolute atomic E-state index is 5.90. The Kier molecular flexibility index (Phi) is 4.96. The monoisotopic (exact) mass is 305 g/mol. The molecular weight excluding hydrogens is 282 g/mol. The Bertz CT molecular complexity index is 602. The van der Waals surface area contributed by atoms with Gasteiger partial charge < -0.3 is 10.1 Å². The van der Waals surface area contributed by atoms with Crippen LogP contribution in [0.2, 0.25) is 0 Å². The standard InChI is InChI=1S/C16H23N3OS/c1-11-6-7-13(12(18-11)8-17-5)20-9-15-19-14(10-21-15)16(2,3)4/h6-7,10,17H,8-9H2,1-5H3. The second kappa shape index (κ2) is 6.54. The third kappa shape index (κ3) is 4.25. The molecule has 0 unspecified atom stereocenters. The Balaban J connectivity index is 2.08. The zero-order chi connectivity index (χ0) is 15.5. The van der Waals surface area contributed by atoms with Gasteiger partial charge in [0.25, 0.3) is 0 Å². The molecule has 21 heavy (non-hydrogen) atoms. The van der Waals surface area contributed by atoms with Crippen molar-refractivity contribution in [2.75, 3.05) is 7.05 Å². The van der Waals surface area contributed by atoms with Gasteiger partial charge in [-0.25, -0.2) is 4.98 Å². The molecule has 1 N–H and O–H groups in total. The number of pyridine rings is 1. The summed E-state index contributed by atoms with van der Waals surface area (Å²) in [5.74, 6) is 0.822. The van der Waals surface area contributed by atoms with Crippen LogP contribution < -0.4 is 10.1 Å². The number of nitrogens with one attached hydrogen (secondary N) is 1. The maximum Gasteiger partial charge on any atom is 0.142 e. The van der Waals surface area contributed by atoms with Gasteiger partial charge in [-0.2, -0.15) is 0 Å². The normalized spacial score (nSPS) is 11.7. The summed E-state index contributed by atoms with van der Waals surface area (Å²) in [6.07, 6.45) is 0. The number of hydrogen-bond acceptors (Lipinski definition) is 5. The first-order chi connectivity index (χ1) is 9.90. The molecular formula is C16H23N3OS. The Morgan fingerprint density at radius 2 is 2.00 bits per heavy atom. The zero-order valence-electron chi connectivity index (χ0n) is 13.4. The van der Waals surface area contributed by atoms with E-state index in [2.05, 4.69) is 41.4 Å². The average molecular weight is 305 g/mol. The number of thiazole rings is 1. The smallest absolute Gasteiger partial charge is 0.142 e. The minimum absolute atomic E-state index is 0.0808. The van der Waals surface area contributed by atoms with Crippen LogP contribution in [0, 0.1) is 6.92 Å². The van der Waals surface area contributed by atoms with Crippen molar-refractivity contribution in [2.24, 2.45) is 0 Å². The van der Waals surface area contributed by atoms with Crippen molar-refractivity contribution >= 4 is 11.3 Å². The van der Waals surface area contributed by atoms with E-state index in [1.165, 1.54) is 0 Å². The van der Waals surface area contributed by atoms with Gasteiger partial charge in [0, 0.05) is 23.0 Å². The van der Waals surface area contributed by atoms with E-state index >= 15 is 0 Å². The molecule has 0 fully saturated rings. The maximum atomic E-state index is 5.90. The molecule has 114 valence electrons. The van der Waals surface area contributed by atoms with Crippen molar-refractivity contribution in [3.8, 4) is 5.75 Å². The van der Waals surface area contributed by atoms with E-state index in [4.69, 9.17) is 4.74 Å². The van der Waals surface area contributed by atoms with Gasteiger partial charge in [-0.05, 0) is 26.1 Å². The van der Waals surface area contributed by atoms with Crippen molar-refractivity contribution in [2.45, 2.75) is 46.3 Å². The fourth-order valence-electron chi connectivity index (χ4n) is 1.88. The summed E-state index contributed by atoms with van der Waals surface area (Å²) >= 11 is 1.65. The second-order valence-corrected chi connectivity index (χ2v) is 7.04. The predicted molar refractivity (Wildman–Crippen MR) is 86.9 cm³/mol. The highest BCUT2D eigenvalue weighted by Gasteiger charge is 2.17. The number of aromatic nitrogens is 2. The molecule has 0 amide bonds. The molecule has 0 saturated carbocycles. The largest absolute Gasteiger partial charge is 0.484 e. The Morgan fingerprint density at radius 1 is 1.24 bits per heavy atom. The Hall–Kier alpha value is -1.46. The van der Waals surface area contributed by atoms with E-state index in [1.54, 1.807) is 11.3 Å². The van der Waals surface area contributed by atoms with Crippen molar-refractivity contribution in [1.29, 1.82) is 0 Å². The van der Waals surface area contributed by atoms with Crippen LogP contribution in [0.1, 0.15) is 42.9 Å². The van der Waals surface area contributed by atoms with Gasteiger partial charge in [-0.1, -0.05) is 20.8 Å². The first kappa shape index (κ1) is 15.9. The Labute approximate surface area is 130 Å². The predicted octanol–water partition coefficient (Wildman–Crippen LogP) is 3.44. The van der Waals surface area contributed by atoms with E-state index in [9.17, 15) is 0 Å². The number of ether oxygens (including phenoxy) is 1. The first-order valence-electron chi connectivity index (χ1n) is 7.09. The summed E-state index contributed by atoms with van der Waals surface area (Å²) in [6, 6.07) is 3.95. The minimum Gasteiger partial charge on any atom is -0.484 e. The molecule has 0 spiro atoms. The van der Waals surface area contributed by atoms with Gasteiger partial charge in [-0.15, -0.1) is 11.3 Å². The van der Waals surface area contributed by atoms with E-state index in [-0.39, 0.29) is 5.41 Å². The highest BCUT2D eigenvalue weighted by atomic mass is 32.1.